The molecule has 1 aromatic carbocycles. The Hall–Kier alpha value is -1.71. The molecule has 19 heavy (non-hydrogen) atoms. The Morgan fingerprint density at radius 1 is 1.21 bits per heavy atom. The van der Waals surface area contributed by atoms with Crippen molar-refractivity contribution < 1.29 is 4.74 Å². The molecular weight excluding hydrogens is 236 g/mol. The Morgan fingerprint density at radius 3 is 2.84 bits per heavy atom. The van der Waals surface area contributed by atoms with Crippen LogP contribution in [0.15, 0.2) is 48.8 Å². The van der Waals surface area contributed by atoms with E-state index in [0.717, 1.165) is 19.4 Å². The lowest BCUT2D eigenvalue weighted by Crippen LogP contribution is -2.35. The van der Waals surface area contributed by atoms with E-state index in [-0.39, 0.29) is 12.1 Å². The first-order chi connectivity index (χ1) is 9.34. The normalized spacial score (nSPS) is 19.7. The van der Waals surface area contributed by atoms with Crippen molar-refractivity contribution in [3.8, 4) is 0 Å². The molecule has 2 atom stereocenters. The Labute approximate surface area is 113 Å². The second-order valence-electron chi connectivity index (χ2n) is 4.96. The maximum absolute atomic E-state index is 6.35. The number of hydrogen-bond acceptors (Lipinski definition) is 3. The van der Waals surface area contributed by atoms with E-state index < -0.39 is 0 Å². The predicted molar refractivity (Wildman–Crippen MR) is 74.8 cm³/mol. The molecule has 3 heteroatoms. The van der Waals surface area contributed by atoms with Crippen molar-refractivity contribution >= 4 is 0 Å². The average Bonchev–Trinajstić information content (AvgIpc) is 2.47. The van der Waals surface area contributed by atoms with Crippen LogP contribution in [0.25, 0.3) is 0 Å². The van der Waals surface area contributed by atoms with Gasteiger partial charge < -0.3 is 10.5 Å². The molecule has 3 nitrogen and oxygen atoms in total. The van der Waals surface area contributed by atoms with Crippen molar-refractivity contribution in [3.05, 3.63) is 65.5 Å². The van der Waals surface area contributed by atoms with Gasteiger partial charge in [0.05, 0.1) is 12.7 Å². The number of pyridine rings is 1. The lowest BCUT2D eigenvalue weighted by atomic mass is 9.91. The van der Waals surface area contributed by atoms with Gasteiger partial charge in [0.1, 0.15) is 0 Å². The van der Waals surface area contributed by atoms with Crippen LogP contribution >= 0.6 is 0 Å². The highest BCUT2D eigenvalue weighted by Crippen LogP contribution is 2.29. The van der Waals surface area contributed by atoms with Gasteiger partial charge in [0.2, 0.25) is 0 Å². The number of nitrogens with two attached hydrogens (primary N) is 1. The van der Waals surface area contributed by atoms with Crippen molar-refractivity contribution in [1.29, 1.82) is 0 Å². The first-order valence-corrected chi connectivity index (χ1v) is 6.68. The molecule has 0 aliphatic carbocycles. The first kappa shape index (κ1) is 12.3. The third kappa shape index (κ3) is 2.67. The highest BCUT2D eigenvalue weighted by atomic mass is 16.5. The summed E-state index contributed by atoms with van der Waals surface area (Å²) in [5.41, 5.74) is 10.2. The number of nitrogens with zero attached hydrogens (tertiary/aromatic N) is 1. The molecule has 98 valence electrons. The predicted octanol–water partition coefficient (Wildman–Crippen LogP) is 2.27. The van der Waals surface area contributed by atoms with Crippen LogP contribution < -0.4 is 5.73 Å². The molecule has 1 aliphatic heterocycles. The summed E-state index contributed by atoms with van der Waals surface area (Å²) in [5, 5.41) is 0. The van der Waals surface area contributed by atoms with Crippen molar-refractivity contribution in [1.82, 2.24) is 4.98 Å². The molecule has 0 amide bonds. The molecule has 2 heterocycles. The standard InChI is InChI=1S/C16H18N2O/c17-15(11-12-5-8-18-9-6-12)16-14-4-2-1-3-13(14)7-10-19-16/h1-6,8-9,15-16H,7,10-11,17H2. The summed E-state index contributed by atoms with van der Waals surface area (Å²) in [6.07, 6.45) is 5.39. The third-order valence-electron chi connectivity index (χ3n) is 3.64. The summed E-state index contributed by atoms with van der Waals surface area (Å²) in [5.74, 6) is 0. The van der Waals surface area contributed by atoms with E-state index in [9.17, 15) is 0 Å². The third-order valence-corrected chi connectivity index (χ3v) is 3.64. The lowest BCUT2D eigenvalue weighted by Gasteiger charge is -2.30. The number of benzene rings is 1. The maximum Gasteiger partial charge on any atom is 0.0981 e. The quantitative estimate of drug-likeness (QED) is 0.914. The van der Waals surface area contributed by atoms with Gasteiger partial charge in [-0.15, -0.1) is 0 Å². The Balaban J connectivity index is 1.80. The van der Waals surface area contributed by atoms with Gasteiger partial charge in [-0.25, -0.2) is 0 Å². The van der Waals surface area contributed by atoms with E-state index in [4.69, 9.17) is 10.5 Å². The number of fused-ring (bicyclic) bond motifs is 1. The second kappa shape index (κ2) is 5.51. The summed E-state index contributed by atoms with van der Waals surface area (Å²) in [6.45, 7) is 0.756. The molecule has 1 aromatic heterocycles. The van der Waals surface area contributed by atoms with E-state index in [1.807, 2.05) is 12.1 Å². The minimum Gasteiger partial charge on any atom is -0.372 e. The summed E-state index contributed by atoms with van der Waals surface area (Å²) in [4.78, 5) is 4.03. The van der Waals surface area contributed by atoms with Crippen molar-refractivity contribution in [2.75, 3.05) is 6.61 Å². The minimum atomic E-state index is -0.0242. The van der Waals surface area contributed by atoms with Crippen molar-refractivity contribution in [2.24, 2.45) is 5.73 Å². The van der Waals surface area contributed by atoms with Crippen LogP contribution in [0.2, 0.25) is 0 Å². The molecule has 2 N–H and O–H groups in total. The highest BCUT2D eigenvalue weighted by molar-refractivity contribution is 5.32. The van der Waals surface area contributed by atoms with Gasteiger partial charge in [-0.1, -0.05) is 24.3 Å². The van der Waals surface area contributed by atoms with Gasteiger partial charge in [-0.3, -0.25) is 4.98 Å². The summed E-state index contributed by atoms with van der Waals surface area (Å²) in [6, 6.07) is 12.4. The summed E-state index contributed by atoms with van der Waals surface area (Å²) < 4.78 is 5.90. The minimum absolute atomic E-state index is 0.00175. The number of hydrogen-bond donors (Lipinski definition) is 1. The van der Waals surface area contributed by atoms with Gasteiger partial charge >= 0.3 is 0 Å². The number of rotatable bonds is 3. The van der Waals surface area contributed by atoms with E-state index in [1.165, 1.54) is 16.7 Å². The monoisotopic (exact) mass is 254 g/mol. The van der Waals surface area contributed by atoms with Crippen molar-refractivity contribution in [2.45, 2.75) is 25.0 Å². The van der Waals surface area contributed by atoms with Crippen LogP contribution in [-0.2, 0) is 17.6 Å². The lowest BCUT2D eigenvalue weighted by molar-refractivity contribution is 0.0246. The molecule has 2 unspecified atom stereocenters. The van der Waals surface area contributed by atoms with Crippen molar-refractivity contribution in [3.63, 3.8) is 0 Å². The fraction of sp³-hybridized carbons (Fsp3) is 0.312. The van der Waals surface area contributed by atoms with Crippen LogP contribution in [0, 0.1) is 0 Å². The number of aromatic nitrogens is 1. The molecule has 1 aliphatic rings. The number of ether oxygens (including phenoxy) is 1. The van der Waals surface area contributed by atoms with Gasteiger partial charge in [0.25, 0.3) is 0 Å². The van der Waals surface area contributed by atoms with Gasteiger partial charge in [-0.2, -0.15) is 0 Å². The SMILES string of the molecule is NC(Cc1ccncc1)C1OCCc2ccccc21. The largest absolute Gasteiger partial charge is 0.372 e. The van der Waals surface area contributed by atoms with E-state index >= 15 is 0 Å². The summed E-state index contributed by atoms with van der Waals surface area (Å²) >= 11 is 0. The smallest absolute Gasteiger partial charge is 0.0981 e. The van der Waals surface area contributed by atoms with E-state index in [2.05, 4.69) is 29.2 Å². The van der Waals surface area contributed by atoms with Gasteiger partial charge in [0.15, 0.2) is 0 Å². The molecule has 0 saturated heterocycles. The summed E-state index contributed by atoms with van der Waals surface area (Å²) in [7, 11) is 0. The molecule has 2 aromatic rings. The molecule has 0 radical (unpaired) electrons. The molecule has 0 spiro atoms. The van der Waals surface area contributed by atoms with E-state index in [0.29, 0.717) is 0 Å². The molecular formula is C16H18N2O. The van der Waals surface area contributed by atoms with Gasteiger partial charge in [-0.05, 0) is 41.7 Å². The Kier molecular flexibility index (Phi) is 3.58. The average molecular weight is 254 g/mol. The van der Waals surface area contributed by atoms with Gasteiger partial charge in [0, 0.05) is 18.4 Å². The maximum atomic E-state index is 6.35. The van der Waals surface area contributed by atoms with Crippen LogP contribution in [0.3, 0.4) is 0 Å². The highest BCUT2D eigenvalue weighted by Gasteiger charge is 2.26. The molecule has 0 fully saturated rings. The van der Waals surface area contributed by atoms with Crippen LogP contribution in [0.1, 0.15) is 22.8 Å². The fourth-order valence-corrected chi connectivity index (χ4v) is 2.68. The Bertz CT molecular complexity index is 541. The van der Waals surface area contributed by atoms with E-state index in [1.54, 1.807) is 12.4 Å². The zero-order chi connectivity index (χ0) is 13.1. The molecule has 3 rings (SSSR count). The van der Waals surface area contributed by atoms with Crippen LogP contribution in [-0.4, -0.2) is 17.6 Å². The molecule has 0 saturated carbocycles. The topological polar surface area (TPSA) is 48.1 Å². The van der Waals surface area contributed by atoms with Crippen LogP contribution in [0.4, 0.5) is 0 Å². The fourth-order valence-electron chi connectivity index (χ4n) is 2.68. The Morgan fingerprint density at radius 2 is 2.00 bits per heavy atom. The zero-order valence-electron chi connectivity index (χ0n) is 10.8. The zero-order valence-corrected chi connectivity index (χ0v) is 10.8. The van der Waals surface area contributed by atoms with Crippen LogP contribution in [0.5, 0.6) is 0 Å². The molecule has 0 bridgehead atoms. The first-order valence-electron chi connectivity index (χ1n) is 6.68. The second-order valence-corrected chi connectivity index (χ2v) is 4.96.